The van der Waals surface area contributed by atoms with Crippen molar-refractivity contribution in [2.24, 2.45) is 0 Å². The maximum Gasteiger partial charge on any atom is 0.361 e. The lowest BCUT2D eigenvalue weighted by molar-refractivity contribution is 0.0697. The van der Waals surface area contributed by atoms with Gasteiger partial charge in [-0.3, -0.25) is 0 Å². The number of carboxylic acids is 1. The molecule has 0 aliphatic rings. The van der Waals surface area contributed by atoms with Crippen LogP contribution in [-0.4, -0.2) is 37.1 Å². The van der Waals surface area contributed by atoms with E-state index in [2.05, 4.69) is 15.2 Å². The summed E-state index contributed by atoms with van der Waals surface area (Å²) < 4.78 is 11.6. The van der Waals surface area contributed by atoms with Crippen LogP contribution in [0.25, 0.3) is 22.4 Å². The molecule has 6 nitrogen and oxygen atoms in total. The SMILES string of the molecule is C[S+]([O-])c1nncc(-c2ccccc2-c2cccc(C(=O)O)c2)n1. The minimum absolute atomic E-state index is 0.154. The third-order valence-electron chi connectivity index (χ3n) is 3.42. The van der Waals surface area contributed by atoms with Crippen LogP contribution >= 0.6 is 0 Å². The van der Waals surface area contributed by atoms with Crippen LogP contribution in [0.1, 0.15) is 10.4 Å². The highest BCUT2D eigenvalue weighted by atomic mass is 32.2. The average Bonchev–Trinajstić information content (AvgIpc) is 2.62. The number of benzene rings is 2. The maximum atomic E-state index is 11.6. The van der Waals surface area contributed by atoms with Crippen LogP contribution in [0.2, 0.25) is 0 Å². The first kappa shape index (κ1) is 16.1. The van der Waals surface area contributed by atoms with Gasteiger partial charge in [-0.05, 0) is 23.3 Å². The smallest absolute Gasteiger partial charge is 0.361 e. The van der Waals surface area contributed by atoms with E-state index in [0.717, 1.165) is 16.7 Å². The van der Waals surface area contributed by atoms with Gasteiger partial charge in [0.25, 0.3) is 0 Å². The monoisotopic (exact) mass is 339 g/mol. The third-order valence-corrected chi connectivity index (χ3v) is 4.11. The average molecular weight is 339 g/mol. The molecular weight excluding hydrogens is 326 g/mol. The van der Waals surface area contributed by atoms with Crippen molar-refractivity contribution in [2.75, 3.05) is 6.26 Å². The molecular formula is C17H13N3O3S. The molecule has 0 spiro atoms. The lowest BCUT2D eigenvalue weighted by Gasteiger charge is -2.10. The van der Waals surface area contributed by atoms with E-state index in [0.29, 0.717) is 5.69 Å². The number of nitrogens with zero attached hydrogens (tertiary/aromatic N) is 3. The van der Waals surface area contributed by atoms with E-state index in [1.165, 1.54) is 12.5 Å². The van der Waals surface area contributed by atoms with Crippen LogP contribution in [0, 0.1) is 0 Å². The Morgan fingerprint density at radius 3 is 2.58 bits per heavy atom. The second-order valence-corrected chi connectivity index (χ2v) is 6.28. The van der Waals surface area contributed by atoms with E-state index >= 15 is 0 Å². The first-order valence-electron chi connectivity index (χ1n) is 7.02. The molecule has 1 aromatic heterocycles. The lowest BCUT2D eigenvalue weighted by Crippen LogP contribution is -2.06. The van der Waals surface area contributed by atoms with Gasteiger partial charge < -0.3 is 9.66 Å². The molecule has 0 radical (unpaired) electrons. The highest BCUT2D eigenvalue weighted by Gasteiger charge is 2.15. The molecule has 0 fully saturated rings. The maximum absolute atomic E-state index is 11.6. The predicted octanol–water partition coefficient (Wildman–Crippen LogP) is 2.64. The van der Waals surface area contributed by atoms with Gasteiger partial charge in [-0.15, -0.1) is 0 Å². The summed E-state index contributed by atoms with van der Waals surface area (Å²) >= 11 is -1.34. The summed E-state index contributed by atoms with van der Waals surface area (Å²) in [7, 11) is 0. The van der Waals surface area contributed by atoms with Crippen molar-refractivity contribution in [3.63, 3.8) is 0 Å². The molecule has 2 aromatic carbocycles. The molecule has 3 aromatic rings. The molecule has 0 bridgehead atoms. The molecule has 1 unspecified atom stereocenters. The van der Waals surface area contributed by atoms with Crippen molar-refractivity contribution >= 4 is 17.1 Å². The zero-order valence-corrected chi connectivity index (χ0v) is 13.5. The summed E-state index contributed by atoms with van der Waals surface area (Å²) in [4.78, 5) is 15.5. The van der Waals surface area contributed by atoms with Crippen molar-refractivity contribution in [1.29, 1.82) is 0 Å². The molecule has 0 saturated carbocycles. The summed E-state index contributed by atoms with van der Waals surface area (Å²) in [6.07, 6.45) is 2.99. The molecule has 7 heteroatoms. The quantitative estimate of drug-likeness (QED) is 0.734. The van der Waals surface area contributed by atoms with Crippen LogP contribution < -0.4 is 0 Å². The Labute approximate surface area is 141 Å². The van der Waals surface area contributed by atoms with Crippen LogP contribution in [0.15, 0.2) is 59.9 Å². The summed E-state index contributed by atoms with van der Waals surface area (Å²) in [5.41, 5.74) is 3.07. The van der Waals surface area contributed by atoms with Crippen LogP contribution in [0.4, 0.5) is 0 Å². The Hall–Kier alpha value is -2.77. The first-order valence-corrected chi connectivity index (χ1v) is 8.58. The predicted molar refractivity (Wildman–Crippen MR) is 90.0 cm³/mol. The van der Waals surface area contributed by atoms with E-state index in [1.807, 2.05) is 30.3 Å². The number of carbonyl (C=O) groups is 1. The van der Waals surface area contributed by atoms with Crippen molar-refractivity contribution < 1.29 is 14.5 Å². The normalized spacial score (nSPS) is 11.9. The number of hydrogen-bond acceptors (Lipinski definition) is 5. The highest BCUT2D eigenvalue weighted by Crippen LogP contribution is 2.31. The second kappa shape index (κ2) is 6.77. The van der Waals surface area contributed by atoms with Gasteiger partial charge in [0.1, 0.15) is 6.26 Å². The van der Waals surface area contributed by atoms with Gasteiger partial charge in [0.2, 0.25) is 0 Å². The fourth-order valence-electron chi connectivity index (χ4n) is 2.32. The minimum Gasteiger partial charge on any atom is -0.609 e. The molecule has 1 atom stereocenters. The Morgan fingerprint density at radius 1 is 1.12 bits per heavy atom. The topological polar surface area (TPSA) is 99.0 Å². The molecule has 120 valence electrons. The number of hydrogen-bond donors (Lipinski definition) is 1. The number of aromatic nitrogens is 3. The Kier molecular flexibility index (Phi) is 4.54. The van der Waals surface area contributed by atoms with Crippen LogP contribution in [0.5, 0.6) is 0 Å². The summed E-state index contributed by atoms with van der Waals surface area (Å²) in [6, 6.07) is 14.1. The van der Waals surface area contributed by atoms with Gasteiger partial charge in [-0.1, -0.05) is 41.5 Å². The Morgan fingerprint density at radius 2 is 1.88 bits per heavy atom. The summed E-state index contributed by atoms with van der Waals surface area (Å²) in [5.74, 6) is -0.985. The van der Waals surface area contributed by atoms with Crippen LogP contribution in [-0.2, 0) is 11.2 Å². The standard InChI is InChI=1S/C17H13N3O3S/c1-24(23)17-19-15(10-18-20-17)14-8-3-2-7-13(14)11-5-4-6-12(9-11)16(21)22/h2-10H,1H3,(H,21,22). The van der Waals surface area contributed by atoms with Gasteiger partial charge in [-0.2, -0.15) is 10.1 Å². The molecule has 0 amide bonds. The number of carboxylic acid groups (broad SMARTS) is 1. The molecule has 3 rings (SSSR count). The fourth-order valence-corrected chi connectivity index (χ4v) is 2.71. The minimum atomic E-state index is -1.34. The second-order valence-electron chi connectivity index (χ2n) is 5.01. The molecule has 0 aliphatic heterocycles. The molecule has 1 N–H and O–H groups in total. The Bertz CT molecular complexity index is 900. The number of aromatic carboxylic acids is 1. The van der Waals surface area contributed by atoms with Gasteiger partial charge in [-0.25, -0.2) is 4.79 Å². The van der Waals surface area contributed by atoms with Gasteiger partial charge in [0, 0.05) is 16.7 Å². The van der Waals surface area contributed by atoms with Crippen molar-refractivity contribution in [3.8, 4) is 22.4 Å². The van der Waals surface area contributed by atoms with Crippen molar-refractivity contribution in [1.82, 2.24) is 15.2 Å². The van der Waals surface area contributed by atoms with E-state index in [1.54, 1.807) is 18.2 Å². The van der Waals surface area contributed by atoms with Crippen molar-refractivity contribution in [2.45, 2.75) is 5.16 Å². The number of rotatable bonds is 4. The zero-order chi connectivity index (χ0) is 17.1. The van der Waals surface area contributed by atoms with Crippen molar-refractivity contribution in [3.05, 3.63) is 60.3 Å². The molecule has 0 saturated heterocycles. The molecule has 24 heavy (non-hydrogen) atoms. The fraction of sp³-hybridized carbons (Fsp3) is 0.0588. The zero-order valence-electron chi connectivity index (χ0n) is 12.7. The Balaban J connectivity index is 2.14. The summed E-state index contributed by atoms with van der Waals surface area (Å²) in [5, 5.41) is 17.0. The van der Waals surface area contributed by atoms with Gasteiger partial charge in [0.15, 0.2) is 0 Å². The third kappa shape index (κ3) is 3.27. The van der Waals surface area contributed by atoms with E-state index in [4.69, 9.17) is 0 Å². The molecule has 1 heterocycles. The van der Waals surface area contributed by atoms with Gasteiger partial charge >= 0.3 is 11.1 Å². The molecule has 0 aliphatic carbocycles. The highest BCUT2D eigenvalue weighted by molar-refractivity contribution is 7.90. The summed E-state index contributed by atoms with van der Waals surface area (Å²) in [6.45, 7) is 0. The first-order chi connectivity index (χ1) is 11.6. The lowest BCUT2D eigenvalue weighted by atomic mass is 9.96. The van der Waals surface area contributed by atoms with Gasteiger partial charge in [0.05, 0.1) is 17.5 Å². The van der Waals surface area contributed by atoms with E-state index in [-0.39, 0.29) is 10.7 Å². The van der Waals surface area contributed by atoms with E-state index in [9.17, 15) is 14.5 Å². The van der Waals surface area contributed by atoms with Crippen LogP contribution in [0.3, 0.4) is 0 Å². The van der Waals surface area contributed by atoms with E-state index < -0.39 is 17.1 Å². The largest absolute Gasteiger partial charge is 0.609 e.